The third-order valence-electron chi connectivity index (χ3n) is 2.32. The fourth-order valence-electron chi connectivity index (χ4n) is 1.35. The van der Waals surface area contributed by atoms with E-state index in [1.54, 1.807) is 12.1 Å². The first-order chi connectivity index (χ1) is 9.36. The molecule has 20 heavy (non-hydrogen) atoms. The van der Waals surface area contributed by atoms with Gasteiger partial charge in [0.25, 0.3) is 0 Å². The molecule has 2 aromatic heterocycles. The van der Waals surface area contributed by atoms with Gasteiger partial charge in [0, 0.05) is 18.0 Å². The number of nitrogens with one attached hydrogen (secondary N) is 1. The molecule has 0 aromatic carbocycles. The lowest BCUT2D eigenvalue weighted by atomic mass is 10.2. The fourth-order valence-corrected chi connectivity index (χ4v) is 2.10. The first kappa shape index (κ1) is 14.3. The number of nitrogens with zero attached hydrogens (tertiary/aromatic N) is 2. The van der Waals surface area contributed by atoms with Crippen LogP contribution in [0, 0.1) is 5.41 Å². The molecule has 2 heterocycles. The van der Waals surface area contributed by atoms with Crippen LogP contribution in [0.1, 0.15) is 11.1 Å². The van der Waals surface area contributed by atoms with Gasteiger partial charge in [0.2, 0.25) is 0 Å². The van der Waals surface area contributed by atoms with E-state index in [1.165, 1.54) is 12.3 Å². The summed E-state index contributed by atoms with van der Waals surface area (Å²) < 4.78 is 37.2. The highest BCUT2D eigenvalue weighted by molar-refractivity contribution is 7.99. The summed E-state index contributed by atoms with van der Waals surface area (Å²) >= 11 is 1.10. The minimum absolute atomic E-state index is 0.102. The standard InChI is InChI=1S/C12H9F3N4S/c13-12(14,15)8-1-2-9(19-6-8)20-10-5-7(11(16)17)3-4-18-10/h1-6H,(H3,16,17). The average Bonchev–Trinajstić information content (AvgIpc) is 2.38. The number of nitrogens with two attached hydrogens (primary N) is 1. The number of amidine groups is 1. The molecule has 0 aliphatic heterocycles. The molecule has 0 aliphatic carbocycles. The molecule has 0 spiro atoms. The molecule has 4 nitrogen and oxygen atoms in total. The van der Waals surface area contributed by atoms with Gasteiger partial charge in [0.1, 0.15) is 15.9 Å². The summed E-state index contributed by atoms with van der Waals surface area (Å²) in [7, 11) is 0. The van der Waals surface area contributed by atoms with E-state index < -0.39 is 11.7 Å². The summed E-state index contributed by atoms with van der Waals surface area (Å²) in [6.45, 7) is 0. The van der Waals surface area contributed by atoms with Crippen molar-refractivity contribution in [3.63, 3.8) is 0 Å². The van der Waals surface area contributed by atoms with Crippen molar-refractivity contribution in [3.8, 4) is 0 Å². The molecule has 0 atom stereocenters. The number of aromatic nitrogens is 2. The van der Waals surface area contributed by atoms with Gasteiger partial charge in [-0.05, 0) is 24.3 Å². The number of hydrogen-bond acceptors (Lipinski definition) is 4. The van der Waals surface area contributed by atoms with Gasteiger partial charge in [0.15, 0.2) is 0 Å². The van der Waals surface area contributed by atoms with E-state index in [9.17, 15) is 13.2 Å². The van der Waals surface area contributed by atoms with Crippen molar-refractivity contribution in [1.82, 2.24) is 9.97 Å². The van der Waals surface area contributed by atoms with Crippen LogP contribution < -0.4 is 5.73 Å². The Morgan fingerprint density at radius 1 is 1.15 bits per heavy atom. The van der Waals surface area contributed by atoms with Crippen LogP contribution in [-0.4, -0.2) is 15.8 Å². The van der Waals surface area contributed by atoms with Crippen molar-refractivity contribution in [1.29, 1.82) is 5.41 Å². The van der Waals surface area contributed by atoms with Gasteiger partial charge in [0.05, 0.1) is 5.56 Å². The van der Waals surface area contributed by atoms with Crippen molar-refractivity contribution < 1.29 is 13.2 Å². The monoisotopic (exact) mass is 298 g/mol. The third kappa shape index (κ3) is 3.47. The number of hydrogen-bond donors (Lipinski definition) is 2. The van der Waals surface area contributed by atoms with Gasteiger partial charge in [-0.25, -0.2) is 9.97 Å². The molecule has 0 radical (unpaired) electrons. The zero-order chi connectivity index (χ0) is 14.8. The second-order valence-electron chi connectivity index (χ2n) is 3.78. The number of halogens is 3. The van der Waals surface area contributed by atoms with Gasteiger partial charge < -0.3 is 5.73 Å². The highest BCUT2D eigenvalue weighted by Gasteiger charge is 2.30. The van der Waals surface area contributed by atoms with Gasteiger partial charge in [-0.15, -0.1) is 0 Å². The van der Waals surface area contributed by atoms with Crippen LogP contribution in [0.3, 0.4) is 0 Å². The van der Waals surface area contributed by atoms with Crippen LogP contribution in [0.4, 0.5) is 13.2 Å². The molecule has 0 saturated heterocycles. The molecule has 0 fully saturated rings. The minimum Gasteiger partial charge on any atom is -0.384 e. The highest BCUT2D eigenvalue weighted by Crippen LogP contribution is 2.31. The Balaban J connectivity index is 2.18. The fraction of sp³-hybridized carbons (Fsp3) is 0.0833. The first-order valence-electron chi connectivity index (χ1n) is 5.38. The van der Waals surface area contributed by atoms with Gasteiger partial charge in [-0.2, -0.15) is 13.2 Å². The van der Waals surface area contributed by atoms with Gasteiger partial charge in [-0.1, -0.05) is 11.8 Å². The average molecular weight is 298 g/mol. The summed E-state index contributed by atoms with van der Waals surface area (Å²) in [4.78, 5) is 7.77. The number of rotatable bonds is 3. The Bertz CT molecular complexity index is 625. The summed E-state index contributed by atoms with van der Waals surface area (Å²) in [5.41, 5.74) is 5.05. The van der Waals surface area contributed by atoms with Crippen LogP contribution in [0.15, 0.2) is 46.7 Å². The molecule has 3 N–H and O–H groups in total. The van der Waals surface area contributed by atoms with E-state index in [1.807, 2.05) is 0 Å². The lowest BCUT2D eigenvalue weighted by Crippen LogP contribution is -2.11. The molecular formula is C12H9F3N4S. The smallest absolute Gasteiger partial charge is 0.384 e. The van der Waals surface area contributed by atoms with E-state index >= 15 is 0 Å². The molecule has 0 aliphatic rings. The Morgan fingerprint density at radius 3 is 2.45 bits per heavy atom. The SMILES string of the molecule is N=C(N)c1ccnc(Sc2ccc(C(F)(F)F)cn2)c1. The normalized spacial score (nSPS) is 11.3. The minimum atomic E-state index is -4.40. The number of nitrogen functional groups attached to an aromatic ring is 1. The second kappa shape index (κ2) is 5.49. The Morgan fingerprint density at radius 2 is 1.90 bits per heavy atom. The molecule has 0 bridgehead atoms. The highest BCUT2D eigenvalue weighted by atomic mass is 32.2. The van der Waals surface area contributed by atoms with E-state index in [4.69, 9.17) is 11.1 Å². The molecular weight excluding hydrogens is 289 g/mol. The van der Waals surface area contributed by atoms with E-state index in [2.05, 4.69) is 9.97 Å². The maximum Gasteiger partial charge on any atom is 0.417 e. The molecule has 0 amide bonds. The van der Waals surface area contributed by atoms with Crippen molar-refractivity contribution in [3.05, 3.63) is 47.8 Å². The quantitative estimate of drug-likeness (QED) is 0.675. The van der Waals surface area contributed by atoms with Crippen molar-refractivity contribution >= 4 is 17.6 Å². The van der Waals surface area contributed by atoms with Crippen LogP contribution in [0.2, 0.25) is 0 Å². The lowest BCUT2D eigenvalue weighted by molar-refractivity contribution is -0.137. The molecule has 2 rings (SSSR count). The topological polar surface area (TPSA) is 75.7 Å². The Hall–Kier alpha value is -2.09. The first-order valence-corrected chi connectivity index (χ1v) is 6.19. The number of alkyl halides is 3. The van der Waals surface area contributed by atoms with Crippen molar-refractivity contribution in [2.24, 2.45) is 5.73 Å². The summed E-state index contributed by atoms with van der Waals surface area (Å²) in [6, 6.07) is 5.39. The van der Waals surface area contributed by atoms with E-state index in [-0.39, 0.29) is 5.84 Å². The molecule has 2 aromatic rings. The predicted octanol–water partition coefficient (Wildman–Crippen LogP) is 2.93. The predicted molar refractivity (Wildman–Crippen MR) is 68.6 cm³/mol. The summed E-state index contributed by atoms with van der Waals surface area (Å²) in [5.74, 6) is -0.102. The van der Waals surface area contributed by atoms with E-state index in [0.717, 1.165) is 24.0 Å². The van der Waals surface area contributed by atoms with Crippen molar-refractivity contribution in [2.75, 3.05) is 0 Å². The van der Waals surface area contributed by atoms with Gasteiger partial charge >= 0.3 is 6.18 Å². The van der Waals surface area contributed by atoms with Crippen LogP contribution in [-0.2, 0) is 6.18 Å². The van der Waals surface area contributed by atoms with Crippen molar-refractivity contribution in [2.45, 2.75) is 16.2 Å². The Kier molecular flexibility index (Phi) is 3.93. The zero-order valence-electron chi connectivity index (χ0n) is 9.98. The second-order valence-corrected chi connectivity index (χ2v) is 4.82. The van der Waals surface area contributed by atoms with E-state index in [0.29, 0.717) is 15.6 Å². The van der Waals surface area contributed by atoms with Gasteiger partial charge in [-0.3, -0.25) is 5.41 Å². The lowest BCUT2D eigenvalue weighted by Gasteiger charge is -2.06. The van der Waals surface area contributed by atoms with Crippen LogP contribution in [0.5, 0.6) is 0 Å². The maximum absolute atomic E-state index is 12.4. The van der Waals surface area contributed by atoms with Crippen LogP contribution in [0.25, 0.3) is 0 Å². The molecule has 0 unspecified atom stereocenters. The molecule has 104 valence electrons. The molecule has 8 heteroatoms. The maximum atomic E-state index is 12.4. The zero-order valence-corrected chi connectivity index (χ0v) is 10.8. The summed E-state index contributed by atoms with van der Waals surface area (Å²) in [6.07, 6.45) is -2.15. The molecule has 0 saturated carbocycles. The number of pyridine rings is 2. The largest absolute Gasteiger partial charge is 0.417 e. The summed E-state index contributed by atoms with van der Waals surface area (Å²) in [5, 5.41) is 8.19. The third-order valence-corrected chi connectivity index (χ3v) is 3.20. The Labute approximate surface area is 116 Å². The van der Waals surface area contributed by atoms with Crippen LogP contribution >= 0.6 is 11.8 Å².